The van der Waals surface area contributed by atoms with Gasteiger partial charge < -0.3 is 9.84 Å². The van der Waals surface area contributed by atoms with Crippen LogP contribution in [0.3, 0.4) is 0 Å². The maximum atomic E-state index is 13.2. The Bertz CT molecular complexity index is 799. The molecular weight excluding hydrogens is 314 g/mol. The number of rotatable bonds is 2. The van der Waals surface area contributed by atoms with Gasteiger partial charge in [0.15, 0.2) is 16.9 Å². The van der Waals surface area contributed by atoms with Crippen molar-refractivity contribution in [2.24, 2.45) is 0 Å². The fourth-order valence-corrected chi connectivity index (χ4v) is 1.82. The molecule has 0 aliphatic rings. The predicted octanol–water partition coefficient (Wildman–Crippen LogP) is 5.15. The Kier molecular flexibility index (Phi) is 4.83. The zero-order chi connectivity index (χ0) is 17.0. The van der Waals surface area contributed by atoms with Crippen LogP contribution in [0.15, 0.2) is 41.1 Å². The van der Waals surface area contributed by atoms with Crippen molar-refractivity contribution in [3.8, 4) is 0 Å². The molecule has 0 saturated carbocycles. The van der Waals surface area contributed by atoms with Crippen molar-refractivity contribution in [1.82, 2.24) is 10.1 Å². The van der Waals surface area contributed by atoms with Crippen molar-refractivity contribution >= 4 is 22.6 Å². The molecule has 0 saturated heterocycles. The first kappa shape index (κ1) is 16.7. The van der Waals surface area contributed by atoms with Crippen LogP contribution in [0.2, 0.25) is 0 Å². The molecule has 3 aromatic rings. The van der Waals surface area contributed by atoms with Crippen molar-refractivity contribution in [3.63, 3.8) is 0 Å². The number of benzene rings is 1. The van der Waals surface area contributed by atoms with Crippen molar-refractivity contribution in [1.29, 1.82) is 0 Å². The summed E-state index contributed by atoms with van der Waals surface area (Å²) >= 11 is 0. The third kappa shape index (κ3) is 3.58. The monoisotopic (exact) mass is 327 g/mol. The van der Waals surface area contributed by atoms with Gasteiger partial charge in [-0.05, 0) is 30.3 Å². The van der Waals surface area contributed by atoms with E-state index < -0.39 is 17.6 Å². The van der Waals surface area contributed by atoms with E-state index in [9.17, 15) is 17.6 Å². The van der Waals surface area contributed by atoms with E-state index in [1.54, 1.807) is 12.1 Å². The lowest BCUT2D eigenvalue weighted by Gasteiger charge is -2.10. The number of hydrogen-bond donors (Lipinski definition) is 1. The molecule has 0 bridgehead atoms. The molecule has 23 heavy (non-hydrogen) atoms. The summed E-state index contributed by atoms with van der Waals surface area (Å²) < 4.78 is 56.1. The van der Waals surface area contributed by atoms with Crippen LogP contribution in [0, 0.1) is 5.82 Å². The number of halogens is 4. The van der Waals surface area contributed by atoms with Gasteiger partial charge in [-0.1, -0.05) is 19.0 Å². The summed E-state index contributed by atoms with van der Waals surface area (Å²) in [6, 6.07) is 5.83. The zero-order valence-electron chi connectivity index (χ0n) is 12.3. The maximum Gasteiger partial charge on any atom is 0.419 e. The van der Waals surface area contributed by atoms with Crippen LogP contribution in [-0.4, -0.2) is 10.1 Å². The van der Waals surface area contributed by atoms with Gasteiger partial charge in [0.25, 0.3) is 0 Å². The number of pyridine rings is 1. The molecule has 0 radical (unpaired) electrons. The molecule has 0 aliphatic heterocycles. The lowest BCUT2D eigenvalue weighted by molar-refractivity contribution is -0.139. The fraction of sp³-hybridized carbons (Fsp3) is 0.200. The van der Waals surface area contributed by atoms with E-state index in [2.05, 4.69) is 15.5 Å². The van der Waals surface area contributed by atoms with Crippen LogP contribution in [0.25, 0.3) is 11.1 Å². The normalized spacial score (nSPS) is 11.0. The Morgan fingerprint density at radius 3 is 2.57 bits per heavy atom. The zero-order valence-corrected chi connectivity index (χ0v) is 12.3. The SMILES string of the molecule is CC.Fc1ccc(Nc2noc3cccnc23)cc1C(F)(F)F. The topological polar surface area (TPSA) is 51.0 Å². The second-order valence-corrected chi connectivity index (χ2v) is 4.20. The highest BCUT2D eigenvalue weighted by atomic mass is 19.4. The van der Waals surface area contributed by atoms with Crippen molar-refractivity contribution in [2.75, 3.05) is 5.32 Å². The number of alkyl halides is 3. The van der Waals surface area contributed by atoms with Crippen molar-refractivity contribution in [2.45, 2.75) is 20.0 Å². The average molecular weight is 327 g/mol. The molecule has 0 fully saturated rings. The summed E-state index contributed by atoms with van der Waals surface area (Å²) in [5.41, 5.74) is -0.564. The standard InChI is InChI=1S/C13H7F4N3O.C2H6/c14-9-4-3-7(6-8(9)13(15,16)17)19-12-11-10(21-20-12)2-1-5-18-11;1-2/h1-6H,(H,19,20);1-2H3. The van der Waals surface area contributed by atoms with E-state index in [1.165, 1.54) is 12.3 Å². The van der Waals surface area contributed by atoms with Crippen LogP contribution < -0.4 is 5.32 Å². The van der Waals surface area contributed by atoms with Crippen LogP contribution in [0.1, 0.15) is 19.4 Å². The number of hydrogen-bond acceptors (Lipinski definition) is 4. The van der Waals surface area contributed by atoms with E-state index in [0.717, 1.165) is 6.07 Å². The number of nitrogens with zero attached hydrogens (tertiary/aromatic N) is 2. The molecule has 8 heteroatoms. The van der Waals surface area contributed by atoms with E-state index >= 15 is 0 Å². The quantitative estimate of drug-likeness (QED) is 0.661. The van der Waals surface area contributed by atoms with Gasteiger partial charge in [0.1, 0.15) is 5.82 Å². The molecule has 1 N–H and O–H groups in total. The first-order chi connectivity index (χ1) is 10.9. The molecule has 1 aromatic carbocycles. The van der Waals surface area contributed by atoms with Crippen LogP contribution in [-0.2, 0) is 6.18 Å². The molecule has 0 atom stereocenters. The average Bonchev–Trinajstić information content (AvgIpc) is 2.93. The summed E-state index contributed by atoms with van der Waals surface area (Å²) in [7, 11) is 0. The fourth-order valence-electron chi connectivity index (χ4n) is 1.82. The van der Waals surface area contributed by atoms with Gasteiger partial charge in [-0.3, -0.25) is 0 Å². The molecule has 122 valence electrons. The van der Waals surface area contributed by atoms with Crippen LogP contribution >= 0.6 is 0 Å². The van der Waals surface area contributed by atoms with Crippen LogP contribution in [0.5, 0.6) is 0 Å². The minimum absolute atomic E-state index is 0.0320. The molecule has 0 spiro atoms. The minimum Gasteiger partial charge on any atom is -0.352 e. The van der Waals surface area contributed by atoms with Gasteiger partial charge in [-0.2, -0.15) is 13.2 Å². The third-order valence-corrected chi connectivity index (χ3v) is 2.76. The second kappa shape index (κ2) is 6.64. The van der Waals surface area contributed by atoms with E-state index in [0.29, 0.717) is 17.2 Å². The van der Waals surface area contributed by atoms with Gasteiger partial charge in [-0.15, -0.1) is 0 Å². The Balaban J connectivity index is 0.000000924. The highest BCUT2D eigenvalue weighted by molar-refractivity contribution is 5.85. The minimum atomic E-state index is -4.77. The van der Waals surface area contributed by atoms with Crippen molar-refractivity contribution in [3.05, 3.63) is 47.9 Å². The molecule has 0 unspecified atom stereocenters. The maximum absolute atomic E-state index is 13.2. The smallest absolute Gasteiger partial charge is 0.352 e. The molecule has 2 aromatic heterocycles. The first-order valence-corrected chi connectivity index (χ1v) is 6.79. The summed E-state index contributed by atoms with van der Waals surface area (Å²) in [6.45, 7) is 4.00. The summed E-state index contributed by atoms with van der Waals surface area (Å²) in [6.07, 6.45) is -3.28. The summed E-state index contributed by atoms with van der Waals surface area (Å²) in [4.78, 5) is 4.01. The lowest BCUT2D eigenvalue weighted by Crippen LogP contribution is -2.08. The highest BCUT2D eigenvalue weighted by Gasteiger charge is 2.34. The number of fused-ring (bicyclic) bond motifs is 1. The summed E-state index contributed by atoms with van der Waals surface area (Å²) in [5, 5.41) is 6.31. The van der Waals surface area contributed by atoms with Crippen molar-refractivity contribution < 1.29 is 22.1 Å². The molecule has 2 heterocycles. The number of nitrogens with one attached hydrogen (secondary N) is 1. The van der Waals surface area contributed by atoms with Crippen LogP contribution in [0.4, 0.5) is 29.1 Å². The predicted molar refractivity (Wildman–Crippen MR) is 77.8 cm³/mol. The number of anilines is 2. The van der Waals surface area contributed by atoms with E-state index in [1.807, 2.05) is 13.8 Å². The van der Waals surface area contributed by atoms with E-state index in [-0.39, 0.29) is 11.5 Å². The van der Waals surface area contributed by atoms with Gasteiger partial charge in [-0.25, -0.2) is 9.37 Å². The highest BCUT2D eigenvalue weighted by Crippen LogP contribution is 2.34. The third-order valence-electron chi connectivity index (χ3n) is 2.76. The molecule has 0 aliphatic carbocycles. The Hall–Kier alpha value is -2.64. The first-order valence-electron chi connectivity index (χ1n) is 6.79. The molecular formula is C15H13F4N3O. The lowest BCUT2D eigenvalue weighted by atomic mass is 10.2. The van der Waals surface area contributed by atoms with E-state index in [4.69, 9.17) is 4.52 Å². The molecule has 3 rings (SSSR count). The van der Waals surface area contributed by atoms with Gasteiger partial charge in [0, 0.05) is 11.9 Å². The summed E-state index contributed by atoms with van der Waals surface area (Å²) in [5.74, 6) is -1.18. The van der Waals surface area contributed by atoms with Gasteiger partial charge in [0.2, 0.25) is 0 Å². The second-order valence-electron chi connectivity index (χ2n) is 4.20. The number of aromatic nitrogens is 2. The largest absolute Gasteiger partial charge is 0.419 e. The Labute approximate surface area is 129 Å². The molecule has 0 amide bonds. The molecule has 4 nitrogen and oxygen atoms in total. The van der Waals surface area contributed by atoms with Gasteiger partial charge in [0.05, 0.1) is 5.56 Å². The van der Waals surface area contributed by atoms with Gasteiger partial charge >= 0.3 is 6.18 Å². The Morgan fingerprint density at radius 2 is 1.87 bits per heavy atom. The Morgan fingerprint density at radius 1 is 1.13 bits per heavy atom.